The lowest BCUT2D eigenvalue weighted by atomic mass is 10.1. The van der Waals surface area contributed by atoms with Gasteiger partial charge in [0.2, 0.25) is 0 Å². The van der Waals surface area contributed by atoms with Gasteiger partial charge in [-0.1, -0.05) is 48.5 Å². The summed E-state index contributed by atoms with van der Waals surface area (Å²) in [5, 5.41) is 42.1. The van der Waals surface area contributed by atoms with Crippen LogP contribution in [0.2, 0.25) is 0 Å². The van der Waals surface area contributed by atoms with Crippen molar-refractivity contribution < 1.29 is 19.9 Å². The first-order chi connectivity index (χ1) is 15.6. The molecule has 0 saturated heterocycles. The SMILES string of the molecule is C[S+](C)/C(=C\c1ccccc1)c1ccccc1.O=[N+]([O-])c1cc([N+](=O)[O-])c([O-])c([N+](=O)[O-])c1. The maximum Gasteiger partial charge on any atom is 0.283 e. The highest BCUT2D eigenvalue weighted by atomic mass is 32.2. The predicted octanol–water partition coefficient (Wildman–Crippen LogP) is 4.55. The molecule has 0 bridgehead atoms. The fraction of sp³-hybridized carbons (Fsp3) is 0.0909. The van der Waals surface area contributed by atoms with Crippen molar-refractivity contribution in [3.8, 4) is 5.75 Å². The molecule has 0 saturated carbocycles. The average Bonchev–Trinajstić information content (AvgIpc) is 2.78. The van der Waals surface area contributed by atoms with Gasteiger partial charge in [-0.2, -0.15) is 0 Å². The minimum Gasteiger partial charge on any atom is -0.863 e. The Kier molecular flexibility index (Phi) is 8.64. The second-order valence-corrected chi connectivity index (χ2v) is 8.76. The fourth-order valence-electron chi connectivity index (χ4n) is 2.70. The molecule has 0 aliphatic heterocycles. The van der Waals surface area contributed by atoms with Crippen molar-refractivity contribution in [2.45, 2.75) is 0 Å². The van der Waals surface area contributed by atoms with Crippen LogP contribution < -0.4 is 5.11 Å². The van der Waals surface area contributed by atoms with Crippen LogP contribution in [0.3, 0.4) is 0 Å². The van der Waals surface area contributed by atoms with Gasteiger partial charge in [0, 0.05) is 22.5 Å². The van der Waals surface area contributed by atoms with Crippen LogP contribution in [0.1, 0.15) is 11.1 Å². The van der Waals surface area contributed by atoms with Crippen molar-refractivity contribution in [2.24, 2.45) is 0 Å². The van der Waals surface area contributed by atoms with Crippen molar-refractivity contribution in [3.05, 3.63) is 114 Å². The van der Waals surface area contributed by atoms with E-state index in [4.69, 9.17) is 0 Å². The van der Waals surface area contributed by atoms with Crippen LogP contribution >= 0.6 is 0 Å². The maximum absolute atomic E-state index is 11.1. The molecular weight excluding hydrogens is 450 g/mol. The van der Waals surface area contributed by atoms with E-state index in [1.54, 1.807) is 0 Å². The molecule has 0 aliphatic rings. The summed E-state index contributed by atoms with van der Waals surface area (Å²) >= 11 is 0. The number of non-ortho nitro benzene ring substituents is 1. The molecule has 0 atom stereocenters. The highest BCUT2D eigenvalue weighted by Gasteiger charge is 2.24. The largest absolute Gasteiger partial charge is 0.863 e. The Labute approximate surface area is 191 Å². The number of hydrogen-bond donors (Lipinski definition) is 0. The molecule has 3 aromatic rings. The van der Waals surface area contributed by atoms with E-state index in [1.807, 2.05) is 0 Å². The van der Waals surface area contributed by atoms with E-state index in [0.29, 0.717) is 12.1 Å². The van der Waals surface area contributed by atoms with Crippen LogP contribution in [0.15, 0.2) is 72.8 Å². The van der Waals surface area contributed by atoms with Gasteiger partial charge in [0.25, 0.3) is 17.1 Å². The van der Waals surface area contributed by atoms with Crippen molar-refractivity contribution >= 4 is 38.9 Å². The van der Waals surface area contributed by atoms with E-state index in [9.17, 15) is 35.4 Å². The van der Waals surface area contributed by atoms with Crippen LogP contribution in [0, 0.1) is 30.3 Å². The zero-order chi connectivity index (χ0) is 24.5. The quantitative estimate of drug-likeness (QED) is 0.222. The Morgan fingerprint density at radius 2 is 1.21 bits per heavy atom. The van der Waals surface area contributed by atoms with Crippen LogP contribution in [0.4, 0.5) is 17.1 Å². The van der Waals surface area contributed by atoms with E-state index in [-0.39, 0.29) is 10.9 Å². The molecule has 0 N–H and O–H groups in total. The predicted molar refractivity (Wildman–Crippen MR) is 126 cm³/mol. The lowest BCUT2D eigenvalue weighted by molar-refractivity contribution is -0.420. The molecule has 0 amide bonds. The summed E-state index contributed by atoms with van der Waals surface area (Å²) in [6.45, 7) is 0. The minimum atomic E-state index is -1.46. The first kappa shape index (κ1) is 25.0. The van der Waals surface area contributed by atoms with Crippen molar-refractivity contribution in [1.29, 1.82) is 0 Å². The van der Waals surface area contributed by atoms with Crippen LogP contribution in [0.25, 0.3) is 11.0 Å². The Bertz CT molecular complexity index is 1150. The highest BCUT2D eigenvalue weighted by molar-refractivity contribution is 8.04. The number of benzene rings is 3. The summed E-state index contributed by atoms with van der Waals surface area (Å²) in [5.41, 5.74) is -0.669. The second-order valence-electron chi connectivity index (χ2n) is 6.69. The third-order valence-electron chi connectivity index (χ3n) is 4.23. The van der Waals surface area contributed by atoms with Crippen LogP contribution in [-0.4, -0.2) is 27.3 Å². The first-order valence-electron chi connectivity index (χ1n) is 9.29. The zero-order valence-corrected chi connectivity index (χ0v) is 18.4. The molecule has 0 spiro atoms. The molecule has 0 radical (unpaired) electrons. The normalized spacial score (nSPS) is 10.8. The molecule has 33 heavy (non-hydrogen) atoms. The van der Waals surface area contributed by atoms with Gasteiger partial charge in [0.05, 0.1) is 32.7 Å². The number of nitro groups is 3. The monoisotopic (exact) mass is 469 g/mol. The van der Waals surface area contributed by atoms with Crippen molar-refractivity contribution in [2.75, 3.05) is 12.5 Å². The van der Waals surface area contributed by atoms with E-state index in [0.717, 1.165) is 0 Å². The summed E-state index contributed by atoms with van der Waals surface area (Å²) in [6.07, 6.45) is 6.82. The summed E-state index contributed by atoms with van der Waals surface area (Å²) < 4.78 is 0. The zero-order valence-electron chi connectivity index (χ0n) is 17.6. The lowest BCUT2D eigenvalue weighted by Gasteiger charge is -2.06. The molecule has 3 rings (SSSR count). The summed E-state index contributed by atoms with van der Waals surface area (Å²) in [7, 11) is 0.256. The van der Waals surface area contributed by atoms with E-state index in [2.05, 4.69) is 79.3 Å². The summed E-state index contributed by atoms with van der Waals surface area (Å²) in [6, 6.07) is 21.9. The standard InChI is InChI=1S/C16H17S.C6H3N3O7/c1-17(2)16(15-11-7-4-8-12-15)13-14-9-5-3-6-10-14;10-6-4(8(13)14)1-3(7(11)12)2-5(6)9(15)16/h3-13H,1-2H3;1-2,10H/q+1;/p-1/b16-13-;. The molecule has 11 heteroatoms. The third-order valence-corrected chi connectivity index (χ3v) is 5.47. The maximum atomic E-state index is 11.1. The van der Waals surface area contributed by atoms with Crippen LogP contribution in [0.5, 0.6) is 5.75 Å². The van der Waals surface area contributed by atoms with Gasteiger partial charge in [-0.15, -0.1) is 0 Å². The molecule has 0 fully saturated rings. The molecule has 0 heterocycles. The van der Waals surface area contributed by atoms with Gasteiger partial charge >= 0.3 is 0 Å². The molecule has 0 unspecified atom stereocenters. The van der Waals surface area contributed by atoms with Gasteiger partial charge in [-0.05, 0) is 17.7 Å². The molecular formula is C22H19N3O7S. The average molecular weight is 469 g/mol. The Hall–Kier alpha value is -4.25. The molecule has 0 aliphatic carbocycles. The van der Waals surface area contributed by atoms with Gasteiger partial charge in [-0.3, -0.25) is 30.3 Å². The number of hydrogen-bond acceptors (Lipinski definition) is 7. The number of rotatable bonds is 6. The van der Waals surface area contributed by atoms with E-state index < -0.39 is 37.6 Å². The highest BCUT2D eigenvalue weighted by Crippen LogP contribution is 2.36. The molecule has 10 nitrogen and oxygen atoms in total. The molecule has 170 valence electrons. The fourth-order valence-corrected chi connectivity index (χ4v) is 3.68. The smallest absolute Gasteiger partial charge is 0.283 e. The summed E-state index contributed by atoms with van der Waals surface area (Å²) in [5.74, 6) is -1.46. The van der Waals surface area contributed by atoms with Gasteiger partial charge < -0.3 is 5.11 Å². The third kappa shape index (κ3) is 6.87. The molecule has 3 aromatic carbocycles. The van der Waals surface area contributed by atoms with Crippen LogP contribution in [-0.2, 0) is 10.9 Å². The van der Waals surface area contributed by atoms with E-state index >= 15 is 0 Å². The Balaban J connectivity index is 0.000000234. The van der Waals surface area contributed by atoms with Crippen molar-refractivity contribution in [3.63, 3.8) is 0 Å². The van der Waals surface area contributed by atoms with E-state index in [1.165, 1.54) is 16.0 Å². The Morgan fingerprint density at radius 1 is 0.758 bits per heavy atom. The van der Waals surface area contributed by atoms with Crippen molar-refractivity contribution in [1.82, 2.24) is 0 Å². The number of nitrogens with zero attached hydrogens (tertiary/aromatic N) is 3. The minimum absolute atomic E-state index is 0.256. The summed E-state index contributed by atoms with van der Waals surface area (Å²) in [4.78, 5) is 28.9. The van der Waals surface area contributed by atoms with Gasteiger partial charge in [0.1, 0.15) is 12.5 Å². The molecule has 0 aromatic heterocycles. The topological polar surface area (TPSA) is 152 Å². The number of nitro benzene ring substituents is 3. The first-order valence-corrected chi connectivity index (χ1v) is 11.3. The van der Waals surface area contributed by atoms with Gasteiger partial charge in [0.15, 0.2) is 4.91 Å². The Morgan fingerprint density at radius 3 is 1.61 bits per heavy atom. The van der Waals surface area contributed by atoms with Gasteiger partial charge in [-0.25, -0.2) is 0 Å². The second kappa shape index (κ2) is 11.4. The lowest BCUT2D eigenvalue weighted by Crippen LogP contribution is -2.04.